The van der Waals surface area contributed by atoms with Gasteiger partial charge in [-0.3, -0.25) is 0 Å². The van der Waals surface area contributed by atoms with E-state index in [1.807, 2.05) is 72.0 Å². The average Bonchev–Trinajstić information content (AvgIpc) is 3.73. The van der Waals surface area contributed by atoms with Crippen LogP contribution in [0.1, 0.15) is 0 Å². The summed E-state index contributed by atoms with van der Waals surface area (Å²) in [5.74, 6) is 1.94. The zero-order valence-corrected chi connectivity index (χ0v) is 27.7. The van der Waals surface area contributed by atoms with Crippen molar-refractivity contribution in [2.75, 3.05) is 0 Å². The van der Waals surface area contributed by atoms with Gasteiger partial charge >= 0.3 is 0 Å². The molecule has 3 aromatic heterocycles. The highest BCUT2D eigenvalue weighted by Gasteiger charge is 2.19. The third-order valence-electron chi connectivity index (χ3n) is 9.46. The van der Waals surface area contributed by atoms with E-state index in [-0.39, 0.29) is 0 Å². The van der Waals surface area contributed by atoms with Crippen LogP contribution in [0.15, 0.2) is 170 Å². The Morgan fingerprint density at radius 1 is 0.360 bits per heavy atom. The van der Waals surface area contributed by atoms with Gasteiger partial charge in [0.1, 0.15) is 0 Å². The van der Waals surface area contributed by atoms with Crippen molar-refractivity contribution in [2.45, 2.75) is 0 Å². The van der Waals surface area contributed by atoms with Gasteiger partial charge in [0.05, 0.1) is 16.7 Å². The van der Waals surface area contributed by atoms with Crippen LogP contribution < -0.4 is 0 Å². The Morgan fingerprint density at radius 2 is 0.920 bits per heavy atom. The third kappa shape index (κ3) is 4.71. The largest absolute Gasteiger partial charge is 0.309 e. The van der Waals surface area contributed by atoms with Gasteiger partial charge in [0.25, 0.3) is 0 Å². The molecule has 0 aliphatic heterocycles. The predicted molar refractivity (Wildman–Crippen MR) is 209 cm³/mol. The van der Waals surface area contributed by atoms with Crippen molar-refractivity contribution < 1.29 is 0 Å². The molecule has 4 nitrogen and oxygen atoms in total. The molecule has 0 radical (unpaired) electrons. The number of thiophene rings is 1. The van der Waals surface area contributed by atoms with Crippen LogP contribution in [0, 0.1) is 0 Å². The number of fused-ring (bicyclic) bond motifs is 6. The van der Waals surface area contributed by atoms with E-state index < -0.39 is 0 Å². The van der Waals surface area contributed by atoms with E-state index in [0.717, 1.165) is 33.4 Å². The smallest absolute Gasteiger partial charge is 0.164 e. The Kier molecular flexibility index (Phi) is 6.64. The molecule has 234 valence electrons. The Labute approximate surface area is 292 Å². The number of nitrogens with zero attached hydrogens (tertiary/aromatic N) is 4. The number of para-hydroxylation sites is 2. The van der Waals surface area contributed by atoms with Gasteiger partial charge in [-0.05, 0) is 42.0 Å². The first kappa shape index (κ1) is 28.6. The lowest BCUT2D eigenvalue weighted by Gasteiger charge is -2.15. The molecule has 0 aliphatic rings. The highest BCUT2D eigenvalue weighted by Crippen LogP contribution is 2.40. The second-order valence-electron chi connectivity index (χ2n) is 12.4. The van der Waals surface area contributed by atoms with E-state index >= 15 is 0 Å². The maximum absolute atomic E-state index is 5.05. The molecule has 7 aromatic carbocycles. The quantitative estimate of drug-likeness (QED) is 0.185. The topological polar surface area (TPSA) is 43.6 Å². The van der Waals surface area contributed by atoms with E-state index in [2.05, 4.69) is 114 Å². The van der Waals surface area contributed by atoms with Crippen LogP contribution in [0.2, 0.25) is 0 Å². The van der Waals surface area contributed by atoms with Gasteiger partial charge in [-0.15, -0.1) is 11.3 Å². The highest BCUT2D eigenvalue weighted by molar-refractivity contribution is 7.25. The van der Waals surface area contributed by atoms with Gasteiger partial charge in [-0.1, -0.05) is 133 Å². The molecule has 10 rings (SSSR count). The lowest BCUT2D eigenvalue weighted by Crippen LogP contribution is -2.00. The number of benzene rings is 7. The molecule has 0 amide bonds. The number of aromatic nitrogens is 4. The Balaban J connectivity index is 1.20. The molecule has 50 heavy (non-hydrogen) atoms. The maximum atomic E-state index is 5.05. The molecule has 0 aliphatic carbocycles. The minimum absolute atomic E-state index is 0.638. The SMILES string of the molecule is c1ccc(-c2nc(-c3ccccc3)nc(-c3ccc4c5ccccc5n(-c5ccccc5-c5ccc6sc7ccccc7c6c5)c4c3)n2)cc1. The van der Waals surface area contributed by atoms with Crippen molar-refractivity contribution in [1.29, 1.82) is 0 Å². The van der Waals surface area contributed by atoms with Crippen molar-refractivity contribution >= 4 is 53.3 Å². The molecular weight excluding hydrogens is 629 g/mol. The van der Waals surface area contributed by atoms with Gasteiger partial charge in [0, 0.05) is 53.2 Å². The number of hydrogen-bond acceptors (Lipinski definition) is 4. The van der Waals surface area contributed by atoms with Crippen LogP contribution >= 0.6 is 11.3 Å². The van der Waals surface area contributed by atoms with Crippen molar-refractivity contribution in [2.24, 2.45) is 0 Å². The van der Waals surface area contributed by atoms with E-state index in [9.17, 15) is 0 Å². The summed E-state index contributed by atoms with van der Waals surface area (Å²) in [7, 11) is 0. The first-order chi connectivity index (χ1) is 24.8. The summed E-state index contributed by atoms with van der Waals surface area (Å²) < 4.78 is 5.01. The summed E-state index contributed by atoms with van der Waals surface area (Å²) >= 11 is 1.85. The van der Waals surface area contributed by atoms with Crippen molar-refractivity contribution in [3.63, 3.8) is 0 Å². The Bertz CT molecular complexity index is 2810. The molecule has 10 aromatic rings. The third-order valence-corrected chi connectivity index (χ3v) is 10.6. The fraction of sp³-hybridized carbons (Fsp3) is 0. The molecule has 0 spiro atoms. The van der Waals surface area contributed by atoms with E-state index in [1.165, 1.54) is 42.1 Å². The summed E-state index contributed by atoms with van der Waals surface area (Å²) in [6, 6.07) is 59.8. The molecule has 0 bridgehead atoms. The van der Waals surface area contributed by atoms with Crippen LogP contribution in [0.5, 0.6) is 0 Å². The van der Waals surface area contributed by atoms with Gasteiger partial charge in [0.2, 0.25) is 0 Å². The van der Waals surface area contributed by atoms with Crippen LogP contribution in [0.25, 0.3) is 93.0 Å². The minimum atomic E-state index is 0.638. The summed E-state index contributed by atoms with van der Waals surface area (Å²) in [6.07, 6.45) is 0. The van der Waals surface area contributed by atoms with E-state index in [1.54, 1.807) is 0 Å². The molecule has 5 heteroatoms. The standard InChI is InChI=1S/C45H28N4S/c1-3-13-29(14-4-1)43-46-44(30-15-5-2-6-16-30)48-45(47-43)32-23-25-35-34-18-8-11-21-39(34)49(40(35)28-32)38-20-10-7-17-33(38)31-24-26-42-37(27-31)36-19-9-12-22-41(36)50-42/h1-28H. The summed E-state index contributed by atoms with van der Waals surface area (Å²) in [5, 5.41) is 4.98. The van der Waals surface area contributed by atoms with E-state index in [4.69, 9.17) is 15.0 Å². The Morgan fingerprint density at radius 3 is 1.68 bits per heavy atom. The minimum Gasteiger partial charge on any atom is -0.309 e. The summed E-state index contributed by atoms with van der Waals surface area (Å²) in [4.78, 5) is 15.0. The van der Waals surface area contributed by atoms with Crippen LogP contribution in [-0.2, 0) is 0 Å². The molecule has 0 unspecified atom stereocenters. The summed E-state index contributed by atoms with van der Waals surface area (Å²) in [6.45, 7) is 0. The predicted octanol–water partition coefficient (Wildman–Crippen LogP) is 12.0. The van der Waals surface area contributed by atoms with Crippen molar-refractivity contribution in [3.05, 3.63) is 170 Å². The Hall–Kier alpha value is -6.43. The van der Waals surface area contributed by atoms with Crippen LogP contribution in [-0.4, -0.2) is 19.5 Å². The number of rotatable bonds is 5. The molecular formula is C45H28N4S. The molecule has 0 fully saturated rings. The monoisotopic (exact) mass is 656 g/mol. The molecule has 0 N–H and O–H groups in total. The zero-order chi connectivity index (χ0) is 33.0. The fourth-order valence-corrected chi connectivity index (χ4v) is 8.20. The van der Waals surface area contributed by atoms with Crippen molar-refractivity contribution in [1.82, 2.24) is 19.5 Å². The summed E-state index contributed by atoms with van der Waals surface area (Å²) in [5.41, 5.74) is 8.58. The van der Waals surface area contributed by atoms with Gasteiger partial charge in [0.15, 0.2) is 17.5 Å². The maximum Gasteiger partial charge on any atom is 0.164 e. The first-order valence-corrected chi connectivity index (χ1v) is 17.5. The molecule has 3 heterocycles. The normalized spacial score (nSPS) is 11.6. The molecule has 0 atom stereocenters. The second-order valence-corrected chi connectivity index (χ2v) is 13.5. The lowest BCUT2D eigenvalue weighted by atomic mass is 10.0. The first-order valence-electron chi connectivity index (χ1n) is 16.7. The highest BCUT2D eigenvalue weighted by atomic mass is 32.1. The second kappa shape index (κ2) is 11.6. The molecule has 0 saturated carbocycles. The van der Waals surface area contributed by atoms with Gasteiger partial charge in [-0.25, -0.2) is 15.0 Å². The van der Waals surface area contributed by atoms with Crippen LogP contribution in [0.4, 0.5) is 0 Å². The van der Waals surface area contributed by atoms with Crippen LogP contribution in [0.3, 0.4) is 0 Å². The van der Waals surface area contributed by atoms with Crippen molar-refractivity contribution in [3.8, 4) is 51.0 Å². The molecule has 0 saturated heterocycles. The van der Waals surface area contributed by atoms with E-state index in [0.29, 0.717) is 17.5 Å². The average molecular weight is 657 g/mol. The fourth-order valence-electron chi connectivity index (χ4n) is 7.11. The lowest BCUT2D eigenvalue weighted by molar-refractivity contribution is 1.07. The number of hydrogen-bond donors (Lipinski definition) is 0. The van der Waals surface area contributed by atoms with Gasteiger partial charge in [-0.2, -0.15) is 0 Å². The van der Waals surface area contributed by atoms with Gasteiger partial charge < -0.3 is 4.57 Å². The zero-order valence-electron chi connectivity index (χ0n) is 26.9.